The van der Waals surface area contributed by atoms with Crippen LogP contribution in [0.25, 0.3) is 38.6 Å². The molecule has 22 heavy (non-hydrogen) atoms. The van der Waals surface area contributed by atoms with Crippen LogP contribution in [0, 0.1) is 0 Å². The van der Waals surface area contributed by atoms with Crippen LogP contribution in [0.3, 0.4) is 0 Å². The van der Waals surface area contributed by atoms with Crippen LogP contribution in [0.1, 0.15) is 12.6 Å². The Morgan fingerprint density at radius 2 is 2.18 bits per heavy atom. The minimum absolute atomic E-state index is 0.569. The van der Waals surface area contributed by atoms with Crippen LogP contribution in [0.5, 0.6) is 0 Å². The maximum Gasteiger partial charge on any atom is 0.185 e. The molecule has 0 aliphatic carbocycles. The minimum Gasteiger partial charge on any atom is -0.375 e. The number of hydrogen-bond donors (Lipinski definition) is 2. The smallest absolute Gasteiger partial charge is 0.185 e. The SMILES string of the molecule is C/C=C\c1ncnc2n[nH]c(-c3ccc4nc(N)sc4c3)c12. The molecule has 1 aromatic carbocycles. The summed E-state index contributed by atoms with van der Waals surface area (Å²) in [4.78, 5) is 12.8. The highest BCUT2D eigenvalue weighted by atomic mass is 32.1. The number of H-pyrrole nitrogens is 1. The molecule has 3 N–H and O–H groups in total. The Kier molecular flexibility index (Phi) is 2.87. The summed E-state index contributed by atoms with van der Waals surface area (Å²) in [6.07, 6.45) is 5.42. The summed E-state index contributed by atoms with van der Waals surface area (Å²) in [7, 11) is 0. The van der Waals surface area contributed by atoms with Gasteiger partial charge in [-0.05, 0) is 25.1 Å². The van der Waals surface area contributed by atoms with E-state index in [0.29, 0.717) is 10.8 Å². The number of nitrogens with two attached hydrogens (primary N) is 1. The van der Waals surface area contributed by atoms with Crippen LogP contribution < -0.4 is 5.73 Å². The first-order valence-electron chi connectivity index (χ1n) is 6.74. The average molecular weight is 308 g/mol. The Bertz CT molecular complexity index is 1010. The van der Waals surface area contributed by atoms with Crippen LogP contribution >= 0.6 is 11.3 Å². The van der Waals surface area contributed by atoms with Gasteiger partial charge in [0.1, 0.15) is 6.33 Å². The Labute approximate surface area is 129 Å². The molecule has 0 aliphatic rings. The highest BCUT2D eigenvalue weighted by Gasteiger charge is 2.13. The first kappa shape index (κ1) is 12.9. The van der Waals surface area contributed by atoms with Gasteiger partial charge in [0.15, 0.2) is 10.8 Å². The van der Waals surface area contributed by atoms with E-state index < -0.39 is 0 Å². The van der Waals surface area contributed by atoms with E-state index in [1.165, 1.54) is 17.7 Å². The number of nitrogen functional groups attached to an aromatic ring is 1. The van der Waals surface area contributed by atoms with Crippen LogP contribution in [0.15, 0.2) is 30.6 Å². The van der Waals surface area contributed by atoms with Crippen molar-refractivity contribution >= 4 is 43.8 Å². The zero-order valence-electron chi connectivity index (χ0n) is 11.7. The van der Waals surface area contributed by atoms with Crippen molar-refractivity contribution in [1.82, 2.24) is 25.1 Å². The summed E-state index contributed by atoms with van der Waals surface area (Å²) < 4.78 is 1.04. The maximum absolute atomic E-state index is 5.77. The minimum atomic E-state index is 0.569. The van der Waals surface area contributed by atoms with Gasteiger partial charge in [-0.1, -0.05) is 23.5 Å². The number of anilines is 1. The number of fused-ring (bicyclic) bond motifs is 2. The Balaban J connectivity index is 1.99. The van der Waals surface area contributed by atoms with E-state index in [2.05, 4.69) is 31.2 Å². The summed E-state index contributed by atoms with van der Waals surface area (Å²) >= 11 is 1.47. The largest absolute Gasteiger partial charge is 0.375 e. The Hall–Kier alpha value is -2.80. The standard InChI is InChI=1S/C15H12N6S/c1-2-3-10-12-13(20-21-14(12)18-7-17-10)8-4-5-9-11(6-8)22-15(16)19-9/h2-7H,1H3,(H2,16,19)(H,17,18,20,21)/b3-2-. The fourth-order valence-corrected chi connectivity index (χ4v) is 3.24. The maximum atomic E-state index is 5.77. The quantitative estimate of drug-likeness (QED) is 0.593. The van der Waals surface area contributed by atoms with Gasteiger partial charge in [-0.15, -0.1) is 0 Å². The van der Waals surface area contributed by atoms with Crippen molar-refractivity contribution in [2.45, 2.75) is 6.92 Å². The second-order valence-electron chi connectivity index (χ2n) is 4.79. The van der Waals surface area contributed by atoms with Crippen LogP contribution in [-0.2, 0) is 0 Å². The van der Waals surface area contributed by atoms with Crippen molar-refractivity contribution in [1.29, 1.82) is 0 Å². The number of aromatic amines is 1. The van der Waals surface area contributed by atoms with Gasteiger partial charge in [0.25, 0.3) is 0 Å². The van der Waals surface area contributed by atoms with Gasteiger partial charge in [0.2, 0.25) is 0 Å². The number of rotatable bonds is 2. The van der Waals surface area contributed by atoms with E-state index in [1.807, 2.05) is 31.2 Å². The van der Waals surface area contributed by atoms with Crippen molar-refractivity contribution in [3.8, 4) is 11.3 Å². The molecule has 7 heteroatoms. The van der Waals surface area contributed by atoms with Crippen molar-refractivity contribution < 1.29 is 0 Å². The molecule has 0 radical (unpaired) electrons. The molecule has 4 rings (SSSR count). The molecular weight excluding hydrogens is 296 g/mol. The molecule has 0 amide bonds. The lowest BCUT2D eigenvalue weighted by Crippen LogP contribution is -1.87. The Morgan fingerprint density at radius 3 is 3.05 bits per heavy atom. The topological polar surface area (TPSA) is 93.4 Å². The number of benzene rings is 1. The predicted molar refractivity (Wildman–Crippen MR) is 89.4 cm³/mol. The number of thiazole rings is 1. The summed E-state index contributed by atoms with van der Waals surface area (Å²) in [5, 5.41) is 8.83. The average Bonchev–Trinajstić information content (AvgIpc) is 3.09. The fraction of sp³-hybridized carbons (Fsp3) is 0.0667. The molecule has 6 nitrogen and oxygen atoms in total. The molecule has 0 atom stereocenters. The fourth-order valence-electron chi connectivity index (χ4n) is 2.47. The first-order chi connectivity index (χ1) is 10.8. The van der Waals surface area contributed by atoms with Crippen LogP contribution in [-0.4, -0.2) is 25.1 Å². The summed E-state index contributed by atoms with van der Waals surface area (Å²) in [5.41, 5.74) is 10.1. The molecule has 0 saturated carbocycles. The zero-order chi connectivity index (χ0) is 15.1. The highest BCUT2D eigenvalue weighted by Crippen LogP contribution is 2.32. The summed E-state index contributed by atoms with van der Waals surface area (Å²) in [6, 6.07) is 6.02. The van der Waals surface area contributed by atoms with Gasteiger partial charge < -0.3 is 5.73 Å². The number of aromatic nitrogens is 5. The highest BCUT2D eigenvalue weighted by molar-refractivity contribution is 7.22. The number of allylic oxidation sites excluding steroid dienone is 1. The number of nitrogens with zero attached hydrogens (tertiary/aromatic N) is 4. The van der Waals surface area contributed by atoms with Gasteiger partial charge in [-0.2, -0.15) is 5.10 Å². The van der Waals surface area contributed by atoms with Gasteiger partial charge in [-0.25, -0.2) is 15.0 Å². The van der Waals surface area contributed by atoms with Gasteiger partial charge in [0, 0.05) is 5.56 Å². The van der Waals surface area contributed by atoms with Crippen LogP contribution in [0.4, 0.5) is 5.13 Å². The monoisotopic (exact) mass is 308 g/mol. The second-order valence-corrected chi connectivity index (χ2v) is 5.85. The lowest BCUT2D eigenvalue weighted by atomic mass is 10.1. The lowest BCUT2D eigenvalue weighted by molar-refractivity contribution is 1.09. The molecule has 0 aliphatic heterocycles. The zero-order valence-corrected chi connectivity index (χ0v) is 12.6. The van der Waals surface area contributed by atoms with Crippen molar-refractivity contribution in [2.24, 2.45) is 0 Å². The van der Waals surface area contributed by atoms with Crippen molar-refractivity contribution in [2.75, 3.05) is 5.73 Å². The molecule has 0 spiro atoms. The van der Waals surface area contributed by atoms with E-state index in [9.17, 15) is 0 Å². The Morgan fingerprint density at radius 1 is 1.27 bits per heavy atom. The van der Waals surface area contributed by atoms with Crippen molar-refractivity contribution in [3.63, 3.8) is 0 Å². The molecule has 0 fully saturated rings. The lowest BCUT2D eigenvalue weighted by Gasteiger charge is -2.01. The van der Waals surface area contributed by atoms with E-state index in [4.69, 9.17) is 5.73 Å². The van der Waals surface area contributed by atoms with Gasteiger partial charge in [0.05, 0.1) is 27.0 Å². The number of nitrogens with one attached hydrogen (secondary N) is 1. The molecule has 3 heterocycles. The molecule has 108 valence electrons. The van der Waals surface area contributed by atoms with Crippen molar-refractivity contribution in [3.05, 3.63) is 36.3 Å². The molecule has 0 unspecified atom stereocenters. The molecule has 4 aromatic rings. The molecule has 0 saturated heterocycles. The molecule has 0 bridgehead atoms. The van der Waals surface area contributed by atoms with Gasteiger partial charge in [-0.3, -0.25) is 5.10 Å². The normalized spacial score (nSPS) is 11.9. The third kappa shape index (κ3) is 1.94. The van der Waals surface area contributed by atoms with E-state index in [0.717, 1.165) is 32.6 Å². The van der Waals surface area contributed by atoms with Gasteiger partial charge >= 0.3 is 0 Å². The third-order valence-electron chi connectivity index (χ3n) is 3.40. The first-order valence-corrected chi connectivity index (χ1v) is 7.56. The van der Waals surface area contributed by atoms with E-state index in [-0.39, 0.29) is 0 Å². The third-order valence-corrected chi connectivity index (χ3v) is 4.25. The predicted octanol–water partition coefficient (Wildman–Crippen LogP) is 3.24. The number of hydrogen-bond acceptors (Lipinski definition) is 6. The molecule has 3 aromatic heterocycles. The van der Waals surface area contributed by atoms with Crippen LogP contribution in [0.2, 0.25) is 0 Å². The molecular formula is C15H12N6S. The van der Waals surface area contributed by atoms with E-state index >= 15 is 0 Å². The summed E-state index contributed by atoms with van der Waals surface area (Å²) in [6.45, 7) is 1.96. The second kappa shape index (κ2) is 4.88. The van der Waals surface area contributed by atoms with E-state index in [1.54, 1.807) is 0 Å². The summed E-state index contributed by atoms with van der Waals surface area (Å²) in [5.74, 6) is 0.